The molecule has 19 heavy (non-hydrogen) atoms. The van der Waals surface area contributed by atoms with E-state index in [2.05, 4.69) is 25.5 Å². The van der Waals surface area contributed by atoms with E-state index in [0.29, 0.717) is 22.7 Å². The van der Waals surface area contributed by atoms with Gasteiger partial charge in [-0.3, -0.25) is 5.10 Å². The fourth-order valence-electron chi connectivity index (χ4n) is 2.34. The van der Waals surface area contributed by atoms with E-state index in [-0.39, 0.29) is 6.04 Å². The molecule has 2 aromatic rings. The van der Waals surface area contributed by atoms with Crippen molar-refractivity contribution >= 4 is 17.5 Å². The van der Waals surface area contributed by atoms with Crippen molar-refractivity contribution in [3.63, 3.8) is 0 Å². The second-order valence-electron chi connectivity index (χ2n) is 4.77. The SMILES string of the molecule is NC1CC[C@H](Nc2ncc(Cl)c(-c3ccn[nH]3)n2)C1. The highest BCUT2D eigenvalue weighted by molar-refractivity contribution is 6.32. The van der Waals surface area contributed by atoms with Crippen LogP contribution in [0.5, 0.6) is 0 Å². The lowest BCUT2D eigenvalue weighted by Crippen LogP contribution is -2.21. The van der Waals surface area contributed by atoms with Gasteiger partial charge >= 0.3 is 0 Å². The maximum atomic E-state index is 6.11. The molecule has 1 aliphatic rings. The maximum absolute atomic E-state index is 6.11. The van der Waals surface area contributed by atoms with Gasteiger partial charge in [-0.25, -0.2) is 9.97 Å². The molecule has 1 saturated carbocycles. The van der Waals surface area contributed by atoms with Gasteiger partial charge in [-0.1, -0.05) is 11.6 Å². The molecule has 0 aliphatic heterocycles. The molecule has 0 radical (unpaired) electrons. The van der Waals surface area contributed by atoms with Crippen molar-refractivity contribution in [2.45, 2.75) is 31.3 Å². The summed E-state index contributed by atoms with van der Waals surface area (Å²) in [4.78, 5) is 8.65. The third-order valence-corrected chi connectivity index (χ3v) is 3.58. The minimum absolute atomic E-state index is 0.275. The van der Waals surface area contributed by atoms with E-state index >= 15 is 0 Å². The number of H-pyrrole nitrogens is 1. The number of hydrogen-bond acceptors (Lipinski definition) is 5. The molecule has 1 fully saturated rings. The Morgan fingerprint density at radius 1 is 1.42 bits per heavy atom. The van der Waals surface area contributed by atoms with Gasteiger partial charge in [0.2, 0.25) is 5.95 Å². The Balaban J connectivity index is 1.81. The van der Waals surface area contributed by atoms with Crippen LogP contribution < -0.4 is 11.1 Å². The lowest BCUT2D eigenvalue weighted by Gasteiger charge is -2.13. The van der Waals surface area contributed by atoms with E-state index in [1.807, 2.05) is 6.07 Å². The van der Waals surface area contributed by atoms with Gasteiger partial charge in [-0.05, 0) is 25.3 Å². The van der Waals surface area contributed by atoms with Crippen LogP contribution >= 0.6 is 11.6 Å². The summed E-state index contributed by atoms with van der Waals surface area (Å²) in [6.45, 7) is 0. The first kappa shape index (κ1) is 12.4. The minimum Gasteiger partial charge on any atom is -0.351 e. The maximum Gasteiger partial charge on any atom is 0.223 e. The second-order valence-corrected chi connectivity index (χ2v) is 5.18. The Labute approximate surface area is 115 Å². The molecule has 7 heteroatoms. The highest BCUT2D eigenvalue weighted by Crippen LogP contribution is 2.25. The summed E-state index contributed by atoms with van der Waals surface area (Å²) in [5.74, 6) is 0.577. The predicted molar refractivity (Wildman–Crippen MR) is 73.9 cm³/mol. The Morgan fingerprint density at radius 3 is 3.00 bits per heavy atom. The van der Waals surface area contributed by atoms with Crippen LogP contribution in [-0.2, 0) is 0 Å². The molecule has 6 nitrogen and oxygen atoms in total. The van der Waals surface area contributed by atoms with Crippen molar-refractivity contribution in [1.29, 1.82) is 0 Å². The van der Waals surface area contributed by atoms with Crippen LogP contribution in [0, 0.1) is 0 Å². The third kappa shape index (κ3) is 2.69. The van der Waals surface area contributed by atoms with Gasteiger partial charge in [0.25, 0.3) is 0 Å². The smallest absolute Gasteiger partial charge is 0.223 e. The Bertz CT molecular complexity index is 555. The molecule has 1 unspecified atom stereocenters. The molecule has 100 valence electrons. The van der Waals surface area contributed by atoms with Crippen molar-refractivity contribution in [2.24, 2.45) is 5.73 Å². The zero-order valence-corrected chi connectivity index (χ0v) is 11.1. The number of aromatic amines is 1. The fraction of sp³-hybridized carbons (Fsp3) is 0.417. The number of nitrogens with two attached hydrogens (primary N) is 1. The largest absolute Gasteiger partial charge is 0.351 e. The van der Waals surface area contributed by atoms with Crippen LogP contribution in [0.4, 0.5) is 5.95 Å². The van der Waals surface area contributed by atoms with Gasteiger partial charge < -0.3 is 11.1 Å². The summed E-state index contributed by atoms with van der Waals surface area (Å²) in [6.07, 6.45) is 6.30. The van der Waals surface area contributed by atoms with E-state index in [4.69, 9.17) is 17.3 Å². The Morgan fingerprint density at radius 2 is 2.32 bits per heavy atom. The molecule has 0 bridgehead atoms. The molecular formula is C12H15ClN6. The molecular weight excluding hydrogens is 264 g/mol. The number of rotatable bonds is 3. The lowest BCUT2D eigenvalue weighted by atomic mass is 10.2. The Hall–Kier alpha value is -1.66. The first-order valence-electron chi connectivity index (χ1n) is 6.27. The zero-order chi connectivity index (χ0) is 13.2. The van der Waals surface area contributed by atoms with Gasteiger partial charge in [0.05, 0.1) is 16.9 Å². The number of hydrogen-bond donors (Lipinski definition) is 3. The van der Waals surface area contributed by atoms with Gasteiger partial charge in [0.15, 0.2) is 0 Å². The van der Waals surface area contributed by atoms with E-state index in [1.165, 1.54) is 0 Å². The summed E-state index contributed by atoms with van der Waals surface area (Å²) < 4.78 is 0. The number of halogens is 1. The number of aromatic nitrogens is 4. The van der Waals surface area contributed by atoms with Crippen LogP contribution in [0.2, 0.25) is 5.02 Å². The summed E-state index contributed by atoms with van der Waals surface area (Å²) in [6, 6.07) is 2.44. The summed E-state index contributed by atoms with van der Waals surface area (Å²) >= 11 is 6.11. The molecule has 0 aromatic carbocycles. The highest BCUT2D eigenvalue weighted by atomic mass is 35.5. The quantitative estimate of drug-likeness (QED) is 0.796. The van der Waals surface area contributed by atoms with Crippen LogP contribution in [0.15, 0.2) is 18.5 Å². The van der Waals surface area contributed by atoms with Gasteiger partial charge in [0.1, 0.15) is 5.69 Å². The summed E-state index contributed by atoms with van der Waals surface area (Å²) in [5, 5.41) is 10.6. The monoisotopic (exact) mass is 278 g/mol. The Kier molecular flexibility index (Phi) is 3.35. The molecule has 0 saturated heterocycles. The summed E-state index contributed by atoms with van der Waals surface area (Å²) in [7, 11) is 0. The van der Waals surface area contributed by atoms with Crippen molar-refractivity contribution in [1.82, 2.24) is 20.2 Å². The summed E-state index contributed by atoms with van der Waals surface area (Å²) in [5.41, 5.74) is 7.32. The van der Waals surface area contributed by atoms with E-state index in [0.717, 1.165) is 25.0 Å². The first-order valence-corrected chi connectivity index (χ1v) is 6.64. The normalized spacial score (nSPS) is 22.6. The topological polar surface area (TPSA) is 92.5 Å². The van der Waals surface area contributed by atoms with Crippen LogP contribution in [0.25, 0.3) is 11.4 Å². The van der Waals surface area contributed by atoms with Crippen molar-refractivity contribution in [3.8, 4) is 11.4 Å². The van der Waals surface area contributed by atoms with Gasteiger partial charge in [-0.15, -0.1) is 0 Å². The minimum atomic E-state index is 0.275. The first-order chi connectivity index (χ1) is 9.22. The molecule has 2 heterocycles. The average molecular weight is 279 g/mol. The van der Waals surface area contributed by atoms with Crippen LogP contribution in [0.3, 0.4) is 0 Å². The van der Waals surface area contributed by atoms with Crippen LogP contribution in [0.1, 0.15) is 19.3 Å². The fourth-order valence-corrected chi connectivity index (χ4v) is 2.54. The van der Waals surface area contributed by atoms with Crippen molar-refractivity contribution in [2.75, 3.05) is 5.32 Å². The molecule has 2 atom stereocenters. The second kappa shape index (κ2) is 5.14. The van der Waals surface area contributed by atoms with E-state index < -0.39 is 0 Å². The molecule has 0 amide bonds. The molecule has 3 rings (SSSR count). The molecule has 1 aliphatic carbocycles. The highest BCUT2D eigenvalue weighted by Gasteiger charge is 2.22. The van der Waals surface area contributed by atoms with E-state index in [1.54, 1.807) is 12.4 Å². The molecule has 2 aromatic heterocycles. The number of anilines is 1. The lowest BCUT2D eigenvalue weighted by molar-refractivity contribution is 0.685. The average Bonchev–Trinajstić information content (AvgIpc) is 3.03. The van der Waals surface area contributed by atoms with Crippen LogP contribution in [-0.4, -0.2) is 32.2 Å². The van der Waals surface area contributed by atoms with E-state index in [9.17, 15) is 0 Å². The molecule has 0 spiro atoms. The third-order valence-electron chi connectivity index (χ3n) is 3.31. The zero-order valence-electron chi connectivity index (χ0n) is 10.3. The van der Waals surface area contributed by atoms with Gasteiger partial charge in [-0.2, -0.15) is 5.10 Å². The molecule has 4 N–H and O–H groups in total. The van der Waals surface area contributed by atoms with Crippen molar-refractivity contribution in [3.05, 3.63) is 23.5 Å². The standard InChI is InChI=1S/C12H15ClN6/c13-9-6-15-12(17-8-2-1-7(14)5-8)18-11(9)10-3-4-16-19-10/h3-4,6-8H,1-2,5,14H2,(H,16,19)(H,15,17,18)/t7?,8-/m0/s1. The van der Waals surface area contributed by atoms with Crippen molar-refractivity contribution < 1.29 is 0 Å². The predicted octanol–water partition coefficient (Wildman–Crippen LogP) is 1.81. The number of nitrogens with one attached hydrogen (secondary N) is 2. The van der Waals surface area contributed by atoms with Gasteiger partial charge in [0, 0.05) is 18.3 Å². The number of nitrogens with zero attached hydrogens (tertiary/aromatic N) is 3.